The van der Waals surface area contributed by atoms with Gasteiger partial charge in [-0.1, -0.05) is 17.7 Å². The smallest absolute Gasteiger partial charge is 0.325 e. The van der Waals surface area contributed by atoms with Crippen LogP contribution in [0.15, 0.2) is 18.2 Å². The lowest BCUT2D eigenvalue weighted by Gasteiger charge is -2.16. The van der Waals surface area contributed by atoms with E-state index in [1.165, 1.54) is 0 Å². The summed E-state index contributed by atoms with van der Waals surface area (Å²) in [6.07, 6.45) is 2.04. The summed E-state index contributed by atoms with van der Waals surface area (Å²) in [6, 6.07) is 5.34. The van der Waals surface area contributed by atoms with Gasteiger partial charge in [0.15, 0.2) is 0 Å². The van der Waals surface area contributed by atoms with E-state index in [2.05, 4.69) is 16.0 Å². The van der Waals surface area contributed by atoms with Crippen LogP contribution in [0.1, 0.15) is 24.0 Å². The number of benzene rings is 1. The van der Waals surface area contributed by atoms with Gasteiger partial charge in [0, 0.05) is 11.7 Å². The minimum atomic E-state index is -0.581. The molecule has 1 aromatic carbocycles. The Morgan fingerprint density at radius 2 is 1.79 bits per heavy atom. The van der Waals surface area contributed by atoms with Crippen molar-refractivity contribution in [2.75, 3.05) is 25.5 Å². The Labute approximate surface area is 141 Å². The Kier molecular flexibility index (Phi) is 5.92. The van der Waals surface area contributed by atoms with E-state index < -0.39 is 11.9 Å². The molecular weight excluding hydrogens is 308 g/mol. The molecule has 0 heterocycles. The monoisotopic (exact) mass is 332 g/mol. The normalized spacial score (nSPS) is 13.5. The quantitative estimate of drug-likeness (QED) is 0.729. The number of urea groups is 1. The third kappa shape index (κ3) is 6.00. The highest BCUT2D eigenvalue weighted by Crippen LogP contribution is 2.18. The summed E-state index contributed by atoms with van der Waals surface area (Å²) in [5.41, 5.74) is 2.68. The van der Waals surface area contributed by atoms with Crippen molar-refractivity contribution >= 4 is 23.5 Å². The van der Waals surface area contributed by atoms with Crippen molar-refractivity contribution in [2.24, 2.45) is 0 Å². The fraction of sp³-hybridized carbons (Fsp3) is 0.471. The maximum atomic E-state index is 11.9. The Balaban J connectivity index is 1.74. The van der Waals surface area contributed by atoms with Crippen LogP contribution in [-0.2, 0) is 9.59 Å². The molecule has 1 fully saturated rings. The molecule has 24 heavy (non-hydrogen) atoms. The average Bonchev–Trinajstić information content (AvgIpc) is 3.25. The standard InChI is InChI=1S/C17H24N4O3/c1-11-4-7-14(12(2)8-11)19-17(24)20-16(23)10-21(3)9-15(22)18-13-5-6-13/h4,7-8,13H,5-6,9-10H2,1-3H3,(H,18,22)(H2,19,20,23,24). The second-order valence-electron chi connectivity index (χ2n) is 6.33. The molecule has 2 rings (SSSR count). The van der Waals surface area contributed by atoms with Crippen LogP contribution in [-0.4, -0.2) is 48.9 Å². The Morgan fingerprint density at radius 3 is 2.42 bits per heavy atom. The molecule has 0 aliphatic heterocycles. The first kappa shape index (κ1) is 17.9. The van der Waals surface area contributed by atoms with E-state index in [4.69, 9.17) is 0 Å². The SMILES string of the molecule is Cc1ccc(NC(=O)NC(=O)CN(C)CC(=O)NC2CC2)c(C)c1. The topological polar surface area (TPSA) is 90.5 Å². The zero-order valence-electron chi connectivity index (χ0n) is 14.3. The van der Waals surface area contributed by atoms with Gasteiger partial charge in [-0.15, -0.1) is 0 Å². The van der Waals surface area contributed by atoms with Crippen molar-refractivity contribution in [3.63, 3.8) is 0 Å². The molecule has 4 amide bonds. The minimum Gasteiger partial charge on any atom is -0.352 e. The number of nitrogens with zero attached hydrogens (tertiary/aromatic N) is 1. The summed E-state index contributed by atoms with van der Waals surface area (Å²) >= 11 is 0. The summed E-state index contributed by atoms with van der Waals surface area (Å²) in [7, 11) is 1.66. The fourth-order valence-electron chi connectivity index (χ4n) is 2.32. The zero-order valence-corrected chi connectivity index (χ0v) is 14.3. The van der Waals surface area contributed by atoms with E-state index in [-0.39, 0.29) is 19.0 Å². The van der Waals surface area contributed by atoms with Crippen molar-refractivity contribution in [3.05, 3.63) is 29.3 Å². The predicted octanol–water partition coefficient (Wildman–Crippen LogP) is 1.16. The molecule has 1 saturated carbocycles. The van der Waals surface area contributed by atoms with Gasteiger partial charge in [-0.2, -0.15) is 0 Å². The summed E-state index contributed by atoms with van der Waals surface area (Å²) in [5.74, 6) is -0.563. The van der Waals surface area contributed by atoms with Crippen LogP contribution >= 0.6 is 0 Å². The second kappa shape index (κ2) is 7.92. The largest absolute Gasteiger partial charge is 0.352 e. The fourth-order valence-corrected chi connectivity index (χ4v) is 2.32. The second-order valence-corrected chi connectivity index (χ2v) is 6.33. The summed E-state index contributed by atoms with van der Waals surface area (Å²) in [6.45, 7) is 3.95. The zero-order chi connectivity index (χ0) is 17.7. The van der Waals surface area contributed by atoms with Gasteiger partial charge in [0.25, 0.3) is 0 Å². The van der Waals surface area contributed by atoms with Crippen molar-refractivity contribution in [1.29, 1.82) is 0 Å². The molecule has 3 N–H and O–H groups in total. The number of carbonyl (C=O) groups is 3. The number of hydrogen-bond acceptors (Lipinski definition) is 4. The molecule has 0 bridgehead atoms. The first-order valence-electron chi connectivity index (χ1n) is 7.99. The highest BCUT2D eigenvalue weighted by Gasteiger charge is 2.23. The molecule has 0 atom stereocenters. The maximum Gasteiger partial charge on any atom is 0.325 e. The first-order chi connectivity index (χ1) is 11.3. The van der Waals surface area contributed by atoms with E-state index in [0.717, 1.165) is 24.0 Å². The third-order valence-electron chi connectivity index (χ3n) is 3.65. The Hall–Kier alpha value is -2.41. The number of rotatable bonds is 6. The molecule has 0 spiro atoms. The lowest BCUT2D eigenvalue weighted by Crippen LogP contribution is -2.44. The van der Waals surface area contributed by atoms with Crippen LogP contribution in [0.3, 0.4) is 0 Å². The van der Waals surface area contributed by atoms with Gasteiger partial charge < -0.3 is 10.6 Å². The van der Waals surface area contributed by atoms with Crippen molar-refractivity contribution in [3.8, 4) is 0 Å². The molecule has 0 saturated heterocycles. The van der Waals surface area contributed by atoms with E-state index in [1.807, 2.05) is 26.0 Å². The maximum absolute atomic E-state index is 11.9. The summed E-state index contributed by atoms with van der Waals surface area (Å²) in [5, 5.41) is 7.76. The third-order valence-corrected chi connectivity index (χ3v) is 3.65. The average molecular weight is 332 g/mol. The molecule has 1 aliphatic rings. The molecule has 1 aromatic rings. The summed E-state index contributed by atoms with van der Waals surface area (Å²) < 4.78 is 0. The Morgan fingerprint density at radius 1 is 1.12 bits per heavy atom. The predicted molar refractivity (Wildman–Crippen MR) is 91.7 cm³/mol. The van der Waals surface area contributed by atoms with E-state index >= 15 is 0 Å². The van der Waals surface area contributed by atoms with Gasteiger partial charge in [-0.25, -0.2) is 4.79 Å². The van der Waals surface area contributed by atoms with Gasteiger partial charge in [0.1, 0.15) is 0 Å². The van der Waals surface area contributed by atoms with Gasteiger partial charge in [0.05, 0.1) is 13.1 Å². The van der Waals surface area contributed by atoms with Gasteiger partial charge in [0.2, 0.25) is 11.8 Å². The van der Waals surface area contributed by atoms with E-state index in [1.54, 1.807) is 18.0 Å². The molecular formula is C17H24N4O3. The number of anilines is 1. The van der Waals surface area contributed by atoms with Crippen molar-refractivity contribution in [1.82, 2.24) is 15.5 Å². The van der Waals surface area contributed by atoms with Gasteiger partial charge in [-0.3, -0.25) is 19.8 Å². The van der Waals surface area contributed by atoms with E-state index in [0.29, 0.717) is 11.7 Å². The lowest BCUT2D eigenvalue weighted by molar-refractivity contribution is -0.124. The number of aryl methyl sites for hydroxylation is 2. The van der Waals surface area contributed by atoms with Crippen LogP contribution in [0.25, 0.3) is 0 Å². The number of imide groups is 1. The number of hydrogen-bond donors (Lipinski definition) is 3. The van der Waals surface area contributed by atoms with Gasteiger partial charge >= 0.3 is 6.03 Å². The minimum absolute atomic E-state index is 0.0294. The number of likely N-dealkylation sites (N-methyl/N-ethyl adjacent to an activating group) is 1. The number of amides is 4. The number of carbonyl (C=O) groups excluding carboxylic acids is 3. The van der Waals surface area contributed by atoms with Crippen molar-refractivity contribution in [2.45, 2.75) is 32.7 Å². The molecule has 0 radical (unpaired) electrons. The molecule has 1 aliphatic carbocycles. The molecule has 7 nitrogen and oxygen atoms in total. The highest BCUT2D eigenvalue weighted by molar-refractivity contribution is 6.02. The van der Waals surface area contributed by atoms with Crippen LogP contribution < -0.4 is 16.0 Å². The Bertz CT molecular complexity index is 641. The van der Waals surface area contributed by atoms with Gasteiger partial charge in [-0.05, 0) is 45.4 Å². The van der Waals surface area contributed by atoms with Crippen LogP contribution in [0, 0.1) is 13.8 Å². The van der Waals surface area contributed by atoms with Crippen LogP contribution in [0.5, 0.6) is 0 Å². The molecule has 7 heteroatoms. The van der Waals surface area contributed by atoms with Crippen molar-refractivity contribution < 1.29 is 14.4 Å². The first-order valence-corrected chi connectivity index (χ1v) is 7.99. The molecule has 130 valence electrons. The lowest BCUT2D eigenvalue weighted by atomic mass is 10.1. The van der Waals surface area contributed by atoms with Crippen LogP contribution in [0.4, 0.5) is 10.5 Å². The van der Waals surface area contributed by atoms with E-state index in [9.17, 15) is 14.4 Å². The highest BCUT2D eigenvalue weighted by atomic mass is 16.2. The summed E-state index contributed by atoms with van der Waals surface area (Å²) in [4.78, 5) is 37.0. The van der Waals surface area contributed by atoms with Crippen LogP contribution in [0.2, 0.25) is 0 Å². The molecule has 0 aromatic heterocycles. The number of nitrogens with one attached hydrogen (secondary N) is 3. The molecule has 0 unspecified atom stereocenters.